The molecular formula is C57H75Cl2N11O11S. The number of carbonyl (C=O) groups excluding carboxylic acids is 5. The van der Waals surface area contributed by atoms with Crippen molar-refractivity contribution in [2.45, 2.75) is 117 Å². The third-order valence-corrected chi connectivity index (χ3v) is 14.6. The van der Waals surface area contributed by atoms with E-state index in [2.05, 4.69) is 41.1 Å². The highest BCUT2D eigenvalue weighted by Crippen LogP contribution is 2.29. The van der Waals surface area contributed by atoms with Gasteiger partial charge in [-0.3, -0.25) is 24.0 Å². The second kappa shape index (κ2) is 32.0. The maximum Gasteiger partial charge on any atom is 0.246 e. The number of fused-ring (bicyclic) bond motifs is 1. The van der Waals surface area contributed by atoms with Crippen molar-refractivity contribution in [2.75, 3.05) is 67.0 Å². The number of pyridine rings is 1. The van der Waals surface area contributed by atoms with Crippen LogP contribution in [-0.4, -0.2) is 159 Å². The Morgan fingerprint density at radius 2 is 1.52 bits per heavy atom. The lowest BCUT2D eigenvalue weighted by Gasteiger charge is -2.35. The molecule has 4 atom stereocenters. The number of β-amino-alcohol motifs (C(OH)–C–C–N with tert-alkyl or cyclic N) is 1. The Bertz CT molecular complexity index is 3060. The summed E-state index contributed by atoms with van der Waals surface area (Å²) in [6.45, 7) is 15.0. The van der Waals surface area contributed by atoms with Crippen LogP contribution in [0.15, 0.2) is 66.7 Å². The number of rotatable bonds is 29. The van der Waals surface area contributed by atoms with E-state index in [1.54, 1.807) is 67.0 Å². The van der Waals surface area contributed by atoms with Crippen molar-refractivity contribution in [3.05, 3.63) is 111 Å². The van der Waals surface area contributed by atoms with Crippen molar-refractivity contribution in [1.29, 1.82) is 0 Å². The number of nitrogens with one attached hydrogen (secondary N) is 3. The quantitative estimate of drug-likeness (QED) is 0.0370. The summed E-state index contributed by atoms with van der Waals surface area (Å²) in [4.78, 5) is 80.2. The molecule has 4 N–H and O–H groups in total. The Labute approximate surface area is 491 Å². The van der Waals surface area contributed by atoms with Crippen LogP contribution >= 0.6 is 34.5 Å². The van der Waals surface area contributed by atoms with E-state index in [0.717, 1.165) is 39.4 Å². The molecule has 7 rings (SSSR count). The van der Waals surface area contributed by atoms with Crippen LogP contribution in [0.3, 0.4) is 0 Å². The number of likely N-dealkylation sites (tertiary alicyclic amines) is 1. The van der Waals surface area contributed by atoms with Gasteiger partial charge in [-0.2, -0.15) is 10.2 Å². The standard InChI is InChI=1S/C30H44N4O7S.C27H31Cl2N7O4/c1-20-26(42-19-32-20)22-8-6-21(7-9-22)17-31-28(37)24-16-23(35)18-34(24)29(38)27(30(2,3)4)33-25(36)10-11-40-14-15-41-13-12-39-5;1-4-6-40-7-5-25(38)31-13-19-14-33-35(16-19)27-22(28)9-18(12-32-27)8-21(37)10-20-15-30-24-11-23(29)34-36(24)26(20)17(2)39-3/h6-9,19,23-24,27,35H,10-18H2,1-5H3,(H,31,37)(H,33,36);9,11-12,14-17H,4-8,10,13H2,1-3H3,(H,31,38)/t23-,24+,27-;17-/m10/s1. The predicted molar refractivity (Wildman–Crippen MR) is 310 cm³/mol. The Morgan fingerprint density at radius 3 is 2.20 bits per heavy atom. The molecule has 1 aliphatic heterocycles. The lowest BCUT2D eigenvalue weighted by molar-refractivity contribution is -0.144. The number of hydrogen-bond donors (Lipinski definition) is 4. The molecule has 82 heavy (non-hydrogen) atoms. The molecule has 6 aromatic rings. The molecule has 0 aliphatic carbocycles. The summed E-state index contributed by atoms with van der Waals surface area (Å²) in [6, 6.07) is 9.52. The van der Waals surface area contributed by atoms with Gasteiger partial charge in [0.1, 0.15) is 17.9 Å². The van der Waals surface area contributed by atoms with Crippen LogP contribution in [0.5, 0.6) is 0 Å². The zero-order chi connectivity index (χ0) is 59.3. The molecule has 1 aliphatic rings. The van der Waals surface area contributed by atoms with Gasteiger partial charge in [0.2, 0.25) is 23.6 Å². The van der Waals surface area contributed by atoms with E-state index in [1.165, 1.54) is 9.58 Å². The molecule has 0 saturated carbocycles. The van der Waals surface area contributed by atoms with Crippen molar-refractivity contribution in [1.82, 2.24) is 55.2 Å². The number of aliphatic hydroxyl groups is 1. The van der Waals surface area contributed by atoms with E-state index in [-0.39, 0.29) is 75.0 Å². The van der Waals surface area contributed by atoms with Gasteiger partial charge in [0, 0.05) is 108 Å². The Morgan fingerprint density at radius 1 is 0.829 bits per heavy atom. The molecule has 6 heterocycles. The number of benzene rings is 1. The highest BCUT2D eigenvalue weighted by Gasteiger charge is 2.44. The van der Waals surface area contributed by atoms with Gasteiger partial charge in [0.05, 0.1) is 84.8 Å². The molecular weight excluding hydrogens is 1120 g/mol. The minimum Gasteiger partial charge on any atom is -0.391 e. The van der Waals surface area contributed by atoms with Crippen molar-refractivity contribution in [2.24, 2.45) is 5.41 Å². The number of ether oxygens (including phenoxy) is 5. The van der Waals surface area contributed by atoms with E-state index in [0.29, 0.717) is 85.4 Å². The fourth-order valence-electron chi connectivity index (χ4n) is 8.79. The van der Waals surface area contributed by atoms with Crippen LogP contribution in [0.4, 0.5) is 0 Å². The molecule has 1 aromatic carbocycles. The van der Waals surface area contributed by atoms with Crippen LogP contribution in [0.1, 0.15) is 100 Å². The van der Waals surface area contributed by atoms with E-state index < -0.39 is 29.5 Å². The third kappa shape index (κ3) is 19.1. The van der Waals surface area contributed by atoms with Gasteiger partial charge < -0.3 is 49.6 Å². The van der Waals surface area contributed by atoms with Crippen molar-refractivity contribution >= 4 is 69.6 Å². The third-order valence-electron chi connectivity index (χ3n) is 13.1. The van der Waals surface area contributed by atoms with Gasteiger partial charge >= 0.3 is 0 Å². The zero-order valence-electron chi connectivity index (χ0n) is 47.7. The molecule has 444 valence electrons. The first-order chi connectivity index (χ1) is 39.3. The maximum atomic E-state index is 13.7. The number of nitrogens with zero attached hydrogens (tertiary/aromatic N) is 8. The predicted octanol–water partition coefficient (Wildman–Crippen LogP) is 6.41. The van der Waals surface area contributed by atoms with Gasteiger partial charge in [-0.25, -0.2) is 24.1 Å². The normalized spacial score (nSPS) is 15.0. The molecule has 25 heteroatoms. The molecule has 1 fully saturated rings. The fraction of sp³-hybridized carbons (Fsp3) is 0.509. The SMILES string of the molecule is CCCOCCC(=O)NCc1cnn(-c2ncc(CC(=O)Cc3cnc4cc(Cl)nn4c3[C@H](C)OC)cc2Cl)c1.COCCOCCOCCC(=O)N[C@H](C(=O)N1C[C@H](O)C[C@H]1C(=O)NCc1ccc(-c2scnc2C)cc1)C(C)(C)C. The van der Waals surface area contributed by atoms with Crippen LogP contribution < -0.4 is 16.0 Å². The molecule has 4 amide bonds. The van der Waals surface area contributed by atoms with Crippen LogP contribution in [-0.2, 0) is 73.6 Å². The minimum absolute atomic E-state index is 0.0223. The Kier molecular flexibility index (Phi) is 25.3. The zero-order valence-corrected chi connectivity index (χ0v) is 50.1. The summed E-state index contributed by atoms with van der Waals surface area (Å²) in [7, 11) is 3.19. The molecule has 0 radical (unpaired) electrons. The van der Waals surface area contributed by atoms with Crippen molar-refractivity contribution < 1.29 is 52.8 Å². The van der Waals surface area contributed by atoms with Gasteiger partial charge in [0.25, 0.3) is 0 Å². The lowest BCUT2D eigenvalue weighted by atomic mass is 9.85. The summed E-state index contributed by atoms with van der Waals surface area (Å²) in [5.41, 5.74) is 7.60. The molecule has 1 saturated heterocycles. The lowest BCUT2D eigenvalue weighted by Crippen LogP contribution is -2.57. The largest absolute Gasteiger partial charge is 0.391 e. The first-order valence-electron chi connectivity index (χ1n) is 27.1. The number of Topliss-reactive ketones (excluding diaryl/α,β-unsaturated/α-hetero) is 1. The fourth-order valence-corrected chi connectivity index (χ4v) is 10.0. The minimum atomic E-state index is -0.884. The number of thiazole rings is 1. The number of aryl methyl sites for hydroxylation is 1. The smallest absolute Gasteiger partial charge is 0.246 e. The molecule has 22 nitrogen and oxygen atoms in total. The van der Waals surface area contributed by atoms with Crippen LogP contribution in [0.25, 0.3) is 21.9 Å². The van der Waals surface area contributed by atoms with Gasteiger partial charge in [-0.15, -0.1) is 11.3 Å². The summed E-state index contributed by atoms with van der Waals surface area (Å²) in [6.07, 6.45) is 7.17. The van der Waals surface area contributed by atoms with Gasteiger partial charge in [0.15, 0.2) is 16.6 Å². The van der Waals surface area contributed by atoms with Gasteiger partial charge in [-0.1, -0.05) is 75.2 Å². The molecule has 0 spiro atoms. The number of ketones is 1. The highest BCUT2D eigenvalue weighted by atomic mass is 35.5. The first kappa shape index (κ1) is 64.9. The second-order valence-corrected chi connectivity index (χ2v) is 22.3. The van der Waals surface area contributed by atoms with Gasteiger partial charge in [-0.05, 0) is 48.4 Å². The summed E-state index contributed by atoms with van der Waals surface area (Å²) in [5.74, 6) is -0.800. The number of hydrogen-bond acceptors (Lipinski definition) is 17. The monoisotopic (exact) mass is 1190 g/mol. The highest BCUT2D eigenvalue weighted by molar-refractivity contribution is 7.13. The van der Waals surface area contributed by atoms with Crippen molar-refractivity contribution in [3.63, 3.8) is 0 Å². The second-order valence-electron chi connectivity index (χ2n) is 20.7. The molecule has 0 bridgehead atoms. The number of amides is 4. The first-order valence-corrected chi connectivity index (χ1v) is 28.7. The Hall–Kier alpha value is -6.28. The number of aromatic nitrogens is 7. The Balaban J connectivity index is 0.000000264. The number of aliphatic hydroxyl groups excluding tert-OH is 1. The molecule has 5 aromatic heterocycles. The summed E-state index contributed by atoms with van der Waals surface area (Å²) in [5, 5.41) is 28.2. The van der Waals surface area contributed by atoms with E-state index in [1.807, 2.05) is 71.3 Å². The number of halogens is 2. The average molecular weight is 1190 g/mol. The van der Waals surface area contributed by atoms with Crippen LogP contribution in [0, 0.1) is 12.3 Å². The summed E-state index contributed by atoms with van der Waals surface area (Å²) < 4.78 is 29.7. The maximum absolute atomic E-state index is 13.7. The molecule has 0 unspecified atom stereocenters. The number of methoxy groups -OCH3 is 2. The van der Waals surface area contributed by atoms with E-state index in [9.17, 15) is 29.1 Å². The van der Waals surface area contributed by atoms with Crippen LogP contribution in [0.2, 0.25) is 10.2 Å². The topological polar surface area (TPSA) is 265 Å². The number of carbonyl (C=O) groups is 5. The summed E-state index contributed by atoms with van der Waals surface area (Å²) >= 11 is 14.2. The van der Waals surface area contributed by atoms with E-state index >= 15 is 0 Å². The van der Waals surface area contributed by atoms with E-state index in [4.69, 9.17) is 46.9 Å². The van der Waals surface area contributed by atoms with Crippen molar-refractivity contribution in [3.8, 4) is 16.3 Å². The average Bonchev–Trinajstić information content (AvgIpc) is 4.25.